The van der Waals surface area contributed by atoms with Gasteiger partial charge < -0.3 is 4.74 Å². The van der Waals surface area contributed by atoms with Crippen LogP contribution < -0.4 is 0 Å². The molecule has 0 bridgehead atoms. The van der Waals surface area contributed by atoms with Crippen LogP contribution in [0.25, 0.3) is 0 Å². The van der Waals surface area contributed by atoms with E-state index in [1.807, 2.05) is 0 Å². The van der Waals surface area contributed by atoms with Gasteiger partial charge >= 0.3 is 0 Å². The summed E-state index contributed by atoms with van der Waals surface area (Å²) in [6, 6.07) is 0. The van der Waals surface area contributed by atoms with E-state index in [0.717, 1.165) is 13.0 Å². The zero-order chi connectivity index (χ0) is 8.65. The smallest absolute Gasteiger partial charge is 0.0578 e. The fourth-order valence-electron chi connectivity index (χ4n) is 1.58. The highest BCUT2D eigenvalue weighted by Crippen LogP contribution is 2.15. The summed E-state index contributed by atoms with van der Waals surface area (Å²) in [4.78, 5) is 0. The van der Waals surface area contributed by atoms with Crippen LogP contribution in [0.15, 0.2) is 12.2 Å². The van der Waals surface area contributed by atoms with Crippen molar-refractivity contribution in [3.63, 3.8) is 0 Å². The fourth-order valence-corrected chi connectivity index (χ4v) is 1.58. The average molecular weight is 168 g/mol. The minimum Gasteiger partial charge on any atom is -0.378 e. The van der Waals surface area contributed by atoms with Crippen LogP contribution in [0.2, 0.25) is 0 Å². The lowest BCUT2D eigenvalue weighted by Gasteiger charge is -2.17. The van der Waals surface area contributed by atoms with Gasteiger partial charge in [0.1, 0.15) is 0 Å². The van der Waals surface area contributed by atoms with E-state index in [0.29, 0.717) is 6.10 Å². The van der Waals surface area contributed by atoms with Gasteiger partial charge in [0.2, 0.25) is 0 Å². The molecular weight excluding hydrogens is 148 g/mol. The Kier molecular flexibility index (Phi) is 5.09. The predicted octanol–water partition coefficient (Wildman–Crippen LogP) is 3.30. The third kappa shape index (κ3) is 3.91. The lowest BCUT2D eigenvalue weighted by Crippen LogP contribution is -2.13. The lowest BCUT2D eigenvalue weighted by atomic mass is 10.0. The molecule has 0 aliphatic heterocycles. The predicted molar refractivity (Wildman–Crippen MR) is 52.3 cm³/mol. The summed E-state index contributed by atoms with van der Waals surface area (Å²) in [7, 11) is 0. The molecule has 0 saturated heterocycles. The maximum absolute atomic E-state index is 5.73. The van der Waals surface area contributed by atoms with Gasteiger partial charge in [-0.3, -0.25) is 0 Å². The highest BCUT2D eigenvalue weighted by Gasteiger charge is 2.08. The van der Waals surface area contributed by atoms with Crippen LogP contribution in [0.1, 0.15) is 45.4 Å². The molecular formula is C11H20O. The molecule has 12 heavy (non-hydrogen) atoms. The van der Waals surface area contributed by atoms with Crippen molar-refractivity contribution in [1.29, 1.82) is 0 Å². The van der Waals surface area contributed by atoms with Crippen LogP contribution in [0.4, 0.5) is 0 Å². The van der Waals surface area contributed by atoms with E-state index < -0.39 is 0 Å². The lowest BCUT2D eigenvalue weighted by molar-refractivity contribution is 0.0409. The Morgan fingerprint density at radius 1 is 1.25 bits per heavy atom. The highest BCUT2D eigenvalue weighted by molar-refractivity contribution is 4.85. The summed E-state index contributed by atoms with van der Waals surface area (Å²) in [6.07, 6.45) is 12.5. The maximum Gasteiger partial charge on any atom is 0.0578 e. The Morgan fingerprint density at radius 3 is 2.92 bits per heavy atom. The van der Waals surface area contributed by atoms with Gasteiger partial charge in [-0.1, -0.05) is 19.1 Å². The van der Waals surface area contributed by atoms with Gasteiger partial charge in [0.15, 0.2) is 0 Å². The van der Waals surface area contributed by atoms with E-state index in [-0.39, 0.29) is 0 Å². The van der Waals surface area contributed by atoms with Gasteiger partial charge in [0.05, 0.1) is 6.10 Å². The number of hydrogen-bond acceptors (Lipinski definition) is 1. The van der Waals surface area contributed by atoms with Gasteiger partial charge in [0, 0.05) is 6.61 Å². The SMILES string of the molecule is CCCO[C@@H]1CC/C=C/CCC1. The molecule has 0 spiro atoms. The highest BCUT2D eigenvalue weighted by atomic mass is 16.5. The van der Waals surface area contributed by atoms with Gasteiger partial charge in [-0.25, -0.2) is 0 Å². The van der Waals surface area contributed by atoms with Crippen LogP contribution in [0.3, 0.4) is 0 Å². The zero-order valence-corrected chi connectivity index (χ0v) is 8.09. The molecule has 70 valence electrons. The quantitative estimate of drug-likeness (QED) is 0.587. The number of rotatable bonds is 3. The van der Waals surface area contributed by atoms with Crippen LogP contribution in [0, 0.1) is 0 Å². The number of ether oxygens (including phenoxy) is 1. The zero-order valence-electron chi connectivity index (χ0n) is 8.09. The van der Waals surface area contributed by atoms with Gasteiger partial charge in [-0.2, -0.15) is 0 Å². The topological polar surface area (TPSA) is 9.23 Å². The van der Waals surface area contributed by atoms with Crippen molar-refractivity contribution in [2.24, 2.45) is 0 Å². The molecule has 0 fully saturated rings. The van der Waals surface area contributed by atoms with Crippen molar-refractivity contribution in [3.05, 3.63) is 12.2 Å². The molecule has 0 saturated carbocycles. The molecule has 0 unspecified atom stereocenters. The summed E-state index contributed by atoms with van der Waals surface area (Å²) in [5.41, 5.74) is 0. The first-order chi connectivity index (χ1) is 5.93. The second-order valence-corrected chi connectivity index (χ2v) is 3.47. The van der Waals surface area contributed by atoms with Crippen molar-refractivity contribution in [3.8, 4) is 0 Å². The summed E-state index contributed by atoms with van der Waals surface area (Å²) in [5.74, 6) is 0. The maximum atomic E-state index is 5.73. The van der Waals surface area contributed by atoms with Crippen LogP contribution >= 0.6 is 0 Å². The van der Waals surface area contributed by atoms with Crippen LogP contribution in [-0.4, -0.2) is 12.7 Å². The number of hydrogen-bond donors (Lipinski definition) is 0. The molecule has 0 aromatic carbocycles. The van der Waals surface area contributed by atoms with Crippen molar-refractivity contribution in [2.75, 3.05) is 6.61 Å². The molecule has 0 aromatic rings. The Bertz CT molecular complexity index is 129. The van der Waals surface area contributed by atoms with Gasteiger partial charge in [0.25, 0.3) is 0 Å². The molecule has 0 N–H and O–H groups in total. The largest absolute Gasteiger partial charge is 0.378 e. The van der Waals surface area contributed by atoms with Crippen LogP contribution in [0.5, 0.6) is 0 Å². The second-order valence-electron chi connectivity index (χ2n) is 3.47. The van der Waals surface area contributed by atoms with E-state index in [1.165, 1.54) is 32.1 Å². The Morgan fingerprint density at radius 2 is 2.08 bits per heavy atom. The van der Waals surface area contributed by atoms with Crippen molar-refractivity contribution < 1.29 is 4.74 Å². The Hall–Kier alpha value is -0.300. The van der Waals surface area contributed by atoms with Gasteiger partial charge in [-0.15, -0.1) is 0 Å². The first-order valence-electron chi connectivity index (χ1n) is 5.20. The molecule has 1 aliphatic rings. The first kappa shape index (κ1) is 9.79. The van der Waals surface area contributed by atoms with Gasteiger partial charge in [-0.05, 0) is 38.5 Å². The van der Waals surface area contributed by atoms with E-state index in [9.17, 15) is 0 Å². The second kappa shape index (κ2) is 6.24. The fraction of sp³-hybridized carbons (Fsp3) is 0.818. The molecule has 1 rings (SSSR count). The summed E-state index contributed by atoms with van der Waals surface area (Å²) >= 11 is 0. The Balaban J connectivity index is 2.18. The molecule has 0 amide bonds. The van der Waals surface area contributed by atoms with Crippen molar-refractivity contribution in [1.82, 2.24) is 0 Å². The van der Waals surface area contributed by atoms with Crippen molar-refractivity contribution in [2.45, 2.75) is 51.6 Å². The molecule has 1 heteroatoms. The summed E-state index contributed by atoms with van der Waals surface area (Å²) in [6.45, 7) is 3.11. The number of allylic oxidation sites excluding steroid dienone is 2. The monoisotopic (exact) mass is 168 g/mol. The van der Waals surface area contributed by atoms with E-state index in [2.05, 4.69) is 19.1 Å². The minimum absolute atomic E-state index is 0.537. The molecule has 0 heterocycles. The summed E-state index contributed by atoms with van der Waals surface area (Å²) in [5, 5.41) is 0. The molecule has 0 aromatic heterocycles. The van der Waals surface area contributed by atoms with E-state index in [4.69, 9.17) is 4.74 Å². The molecule has 1 aliphatic carbocycles. The summed E-state index contributed by atoms with van der Waals surface area (Å²) < 4.78 is 5.73. The molecule has 1 atom stereocenters. The minimum atomic E-state index is 0.537. The first-order valence-corrected chi connectivity index (χ1v) is 5.20. The van der Waals surface area contributed by atoms with E-state index >= 15 is 0 Å². The molecule has 1 nitrogen and oxygen atoms in total. The average Bonchev–Trinajstić information content (AvgIpc) is 2.02. The Labute approximate surface area is 75.8 Å². The van der Waals surface area contributed by atoms with Crippen LogP contribution in [-0.2, 0) is 4.74 Å². The van der Waals surface area contributed by atoms with Crippen molar-refractivity contribution >= 4 is 0 Å². The van der Waals surface area contributed by atoms with E-state index in [1.54, 1.807) is 0 Å². The standard InChI is InChI=1S/C11H20O/c1-2-10-12-11-8-6-4-3-5-7-9-11/h3-4,11H,2,5-10H2,1H3/b4-3+/t11-/m1/s1. The normalized spacial score (nSPS) is 27.6. The molecule has 0 radical (unpaired) electrons. The third-order valence-corrected chi connectivity index (χ3v) is 2.28. The third-order valence-electron chi connectivity index (χ3n) is 2.28.